The number of aliphatic carboxylic acids is 1. The Kier molecular flexibility index (Phi) is 5.31. The molecule has 0 amide bonds. The third-order valence-corrected chi connectivity index (χ3v) is 3.02. The van der Waals surface area contributed by atoms with Crippen molar-refractivity contribution in [1.29, 1.82) is 0 Å². The lowest BCUT2D eigenvalue weighted by Crippen LogP contribution is -2.39. The Balaban J connectivity index is 2.65. The van der Waals surface area contributed by atoms with Gasteiger partial charge in [-0.15, -0.1) is 0 Å². The first kappa shape index (κ1) is 14.7. The van der Waals surface area contributed by atoms with Crippen LogP contribution in [0.1, 0.15) is 25.8 Å². The van der Waals surface area contributed by atoms with Crippen LogP contribution < -0.4 is 0 Å². The Bertz CT molecular complexity index is 376. The topological polar surface area (TPSA) is 60.8 Å². The van der Waals surface area contributed by atoms with Crippen LogP contribution in [0.25, 0.3) is 0 Å². The Labute approximate surface area is 108 Å². The number of hydrogen-bond acceptors (Lipinski definition) is 3. The van der Waals surface area contributed by atoms with Crippen molar-refractivity contribution in [1.82, 2.24) is 4.90 Å². The van der Waals surface area contributed by atoms with Gasteiger partial charge in [0.05, 0.1) is 12.0 Å². The quantitative estimate of drug-likeness (QED) is 0.774. The molecule has 0 fully saturated rings. The zero-order valence-electron chi connectivity index (χ0n) is 11.0. The molecule has 4 nitrogen and oxygen atoms in total. The van der Waals surface area contributed by atoms with Crippen LogP contribution in [-0.4, -0.2) is 40.7 Å². The average Bonchev–Trinajstić information content (AvgIpc) is 2.35. The number of likely N-dealkylation sites (N-methyl/N-ethyl adjacent to an activating group) is 1. The maximum absolute atomic E-state index is 10.6. The van der Waals surface area contributed by atoms with Gasteiger partial charge in [-0.05, 0) is 19.0 Å². The first-order valence-corrected chi connectivity index (χ1v) is 6.17. The van der Waals surface area contributed by atoms with E-state index in [4.69, 9.17) is 5.11 Å². The van der Waals surface area contributed by atoms with Crippen molar-refractivity contribution in [2.45, 2.75) is 25.9 Å². The lowest BCUT2D eigenvalue weighted by molar-refractivity contribution is -0.137. The van der Waals surface area contributed by atoms with Gasteiger partial charge in [0.15, 0.2) is 0 Å². The van der Waals surface area contributed by atoms with Crippen molar-refractivity contribution in [2.75, 3.05) is 19.6 Å². The number of carboxylic acid groups (broad SMARTS) is 1. The fraction of sp³-hybridized carbons (Fsp3) is 0.500. The molecule has 0 aliphatic carbocycles. The number of rotatable bonds is 7. The van der Waals surface area contributed by atoms with Gasteiger partial charge in [0.2, 0.25) is 0 Å². The number of aliphatic hydroxyl groups is 1. The number of carboxylic acids is 1. The zero-order chi connectivity index (χ0) is 13.6. The first-order valence-electron chi connectivity index (χ1n) is 6.17. The van der Waals surface area contributed by atoms with E-state index >= 15 is 0 Å². The van der Waals surface area contributed by atoms with E-state index in [-0.39, 0.29) is 6.42 Å². The number of carbonyl (C=O) groups is 1. The molecule has 0 bridgehead atoms. The second-order valence-corrected chi connectivity index (χ2v) is 4.65. The fourth-order valence-corrected chi connectivity index (χ4v) is 1.93. The molecule has 2 N–H and O–H groups in total. The van der Waals surface area contributed by atoms with Crippen LogP contribution in [0.2, 0.25) is 0 Å². The van der Waals surface area contributed by atoms with E-state index in [1.54, 1.807) is 6.92 Å². The van der Waals surface area contributed by atoms with Gasteiger partial charge in [-0.25, -0.2) is 0 Å². The molecule has 0 radical (unpaired) electrons. The van der Waals surface area contributed by atoms with Crippen LogP contribution in [0.3, 0.4) is 0 Å². The maximum Gasteiger partial charge on any atom is 0.304 e. The second-order valence-electron chi connectivity index (χ2n) is 4.65. The Hall–Kier alpha value is -1.39. The van der Waals surface area contributed by atoms with Gasteiger partial charge in [0.25, 0.3) is 0 Å². The molecule has 0 saturated carbocycles. The summed E-state index contributed by atoms with van der Waals surface area (Å²) in [5.74, 6) is -0.812. The van der Waals surface area contributed by atoms with Crippen molar-refractivity contribution in [2.24, 2.45) is 0 Å². The largest absolute Gasteiger partial charge is 0.481 e. The molecule has 1 rings (SSSR count). The third kappa shape index (κ3) is 4.47. The normalized spacial score (nSPS) is 14.4. The summed E-state index contributed by atoms with van der Waals surface area (Å²) in [6.07, 6.45) is 0.0959. The van der Waals surface area contributed by atoms with Gasteiger partial charge in [-0.2, -0.15) is 0 Å². The van der Waals surface area contributed by atoms with Gasteiger partial charge in [0, 0.05) is 13.1 Å². The minimum absolute atomic E-state index is 0.0959. The first-order chi connectivity index (χ1) is 8.45. The van der Waals surface area contributed by atoms with Crippen molar-refractivity contribution < 1.29 is 15.0 Å². The third-order valence-electron chi connectivity index (χ3n) is 3.02. The molecule has 100 valence electrons. The van der Waals surface area contributed by atoms with E-state index in [1.807, 2.05) is 42.2 Å². The highest BCUT2D eigenvalue weighted by Crippen LogP contribution is 2.21. The van der Waals surface area contributed by atoms with Crippen LogP contribution in [0.15, 0.2) is 30.3 Å². The fourth-order valence-electron chi connectivity index (χ4n) is 1.93. The molecule has 0 aromatic heterocycles. The van der Waals surface area contributed by atoms with Gasteiger partial charge in [-0.3, -0.25) is 9.69 Å². The van der Waals surface area contributed by atoms with Crippen LogP contribution in [0, 0.1) is 0 Å². The SMILES string of the molecule is CCN(CCC(=O)O)CC(C)(O)c1ccccc1. The second kappa shape index (κ2) is 6.52. The van der Waals surface area contributed by atoms with Crippen molar-refractivity contribution in [3.8, 4) is 0 Å². The van der Waals surface area contributed by atoms with E-state index < -0.39 is 11.6 Å². The molecular weight excluding hydrogens is 230 g/mol. The molecular formula is C14H21NO3. The molecule has 0 heterocycles. The Morgan fingerprint density at radius 3 is 2.44 bits per heavy atom. The Morgan fingerprint density at radius 1 is 1.33 bits per heavy atom. The van der Waals surface area contributed by atoms with Crippen molar-refractivity contribution in [3.63, 3.8) is 0 Å². The minimum atomic E-state index is -0.963. The number of benzene rings is 1. The summed E-state index contributed by atoms with van der Waals surface area (Å²) < 4.78 is 0. The molecule has 0 spiro atoms. The predicted octanol–water partition coefficient (Wildman–Crippen LogP) is 1.69. The van der Waals surface area contributed by atoms with E-state index in [0.717, 1.165) is 12.1 Å². The average molecular weight is 251 g/mol. The molecule has 0 saturated heterocycles. The smallest absolute Gasteiger partial charge is 0.304 e. The lowest BCUT2D eigenvalue weighted by atomic mass is 9.95. The summed E-state index contributed by atoms with van der Waals surface area (Å²) in [4.78, 5) is 12.5. The zero-order valence-corrected chi connectivity index (χ0v) is 11.0. The summed E-state index contributed by atoms with van der Waals surface area (Å²) in [7, 11) is 0. The molecule has 18 heavy (non-hydrogen) atoms. The molecule has 1 atom stereocenters. The van der Waals surface area contributed by atoms with E-state index in [1.165, 1.54) is 0 Å². The number of hydrogen-bond donors (Lipinski definition) is 2. The van der Waals surface area contributed by atoms with Crippen LogP contribution in [0.4, 0.5) is 0 Å². The number of nitrogens with zero attached hydrogens (tertiary/aromatic N) is 1. The summed E-state index contributed by atoms with van der Waals surface area (Å²) >= 11 is 0. The highest BCUT2D eigenvalue weighted by Gasteiger charge is 2.25. The summed E-state index contributed by atoms with van der Waals surface area (Å²) in [6.45, 7) is 5.32. The van der Waals surface area contributed by atoms with E-state index in [9.17, 15) is 9.90 Å². The summed E-state index contributed by atoms with van der Waals surface area (Å²) in [6, 6.07) is 9.44. The van der Waals surface area contributed by atoms with Gasteiger partial charge >= 0.3 is 5.97 Å². The lowest BCUT2D eigenvalue weighted by Gasteiger charge is -2.31. The summed E-state index contributed by atoms with van der Waals surface area (Å²) in [5, 5.41) is 19.1. The highest BCUT2D eigenvalue weighted by atomic mass is 16.4. The monoisotopic (exact) mass is 251 g/mol. The van der Waals surface area contributed by atoms with Crippen molar-refractivity contribution >= 4 is 5.97 Å². The molecule has 1 unspecified atom stereocenters. The maximum atomic E-state index is 10.6. The highest BCUT2D eigenvalue weighted by molar-refractivity contribution is 5.66. The predicted molar refractivity (Wildman–Crippen MR) is 70.4 cm³/mol. The minimum Gasteiger partial charge on any atom is -0.481 e. The molecule has 1 aromatic carbocycles. The van der Waals surface area contributed by atoms with E-state index in [2.05, 4.69) is 0 Å². The molecule has 4 heteroatoms. The van der Waals surface area contributed by atoms with E-state index in [0.29, 0.717) is 13.1 Å². The Morgan fingerprint density at radius 2 is 1.94 bits per heavy atom. The molecule has 0 aliphatic heterocycles. The summed E-state index contributed by atoms with van der Waals surface area (Å²) in [5.41, 5.74) is -0.116. The van der Waals surface area contributed by atoms with Gasteiger partial charge < -0.3 is 10.2 Å². The van der Waals surface area contributed by atoms with Crippen LogP contribution in [-0.2, 0) is 10.4 Å². The van der Waals surface area contributed by atoms with Crippen LogP contribution >= 0.6 is 0 Å². The van der Waals surface area contributed by atoms with Gasteiger partial charge in [0.1, 0.15) is 0 Å². The molecule has 1 aromatic rings. The molecule has 0 aliphatic rings. The standard InChI is InChI=1S/C14H21NO3/c1-3-15(10-9-13(16)17)11-14(2,18)12-7-5-4-6-8-12/h4-8,18H,3,9-11H2,1-2H3,(H,16,17). The van der Waals surface area contributed by atoms with Gasteiger partial charge in [-0.1, -0.05) is 37.3 Å². The van der Waals surface area contributed by atoms with Crippen molar-refractivity contribution in [3.05, 3.63) is 35.9 Å². The van der Waals surface area contributed by atoms with Crippen LogP contribution in [0.5, 0.6) is 0 Å².